The largest absolute Gasteiger partial charge is 0.430 e. The van der Waals surface area contributed by atoms with Gasteiger partial charge in [0.05, 0.1) is 27.6 Å². The summed E-state index contributed by atoms with van der Waals surface area (Å²) in [6, 6.07) is 8.70. The number of sulfone groups is 1. The number of allylic oxidation sites excluding steroid dienone is 2. The first kappa shape index (κ1) is 27.4. The minimum absolute atomic E-state index is 0.0857. The number of hydrogen-bond acceptors (Lipinski definition) is 6. The number of nitrogens with zero attached hydrogens (tertiary/aromatic N) is 2. The SMILES string of the molecule is CCS(=O)(=O)c1ncc(-c2ccc(C(/C=C(\N)C(F)(F)F)=Nc3ccccc3C(F)(F)F)s2)cc1C. The number of pyridine rings is 1. The second-order valence-electron chi connectivity index (χ2n) is 7.52. The lowest BCUT2D eigenvalue weighted by atomic mass is 10.1. The Morgan fingerprint density at radius 2 is 1.78 bits per heavy atom. The lowest BCUT2D eigenvalue weighted by molar-refractivity contribution is -0.137. The van der Waals surface area contributed by atoms with Crippen LogP contribution in [-0.2, 0) is 16.0 Å². The van der Waals surface area contributed by atoms with Gasteiger partial charge in [-0.25, -0.2) is 18.4 Å². The summed E-state index contributed by atoms with van der Waals surface area (Å²) < 4.78 is 104. The van der Waals surface area contributed by atoms with Gasteiger partial charge >= 0.3 is 12.4 Å². The van der Waals surface area contributed by atoms with E-state index in [4.69, 9.17) is 5.73 Å². The maximum atomic E-state index is 13.4. The normalized spacial score (nSPS) is 13.8. The molecule has 1 aromatic carbocycles. The van der Waals surface area contributed by atoms with Crippen LogP contribution in [0.1, 0.15) is 22.9 Å². The van der Waals surface area contributed by atoms with Crippen molar-refractivity contribution in [1.29, 1.82) is 0 Å². The highest BCUT2D eigenvalue weighted by Gasteiger charge is 2.34. The van der Waals surface area contributed by atoms with E-state index in [1.165, 1.54) is 31.3 Å². The van der Waals surface area contributed by atoms with E-state index in [-0.39, 0.29) is 15.7 Å². The summed E-state index contributed by atoms with van der Waals surface area (Å²) >= 11 is 0.938. The molecular weight excluding hydrogens is 528 g/mol. The van der Waals surface area contributed by atoms with Crippen LogP contribution in [0.25, 0.3) is 10.4 Å². The van der Waals surface area contributed by atoms with Gasteiger partial charge < -0.3 is 5.73 Å². The Balaban J connectivity index is 2.14. The maximum absolute atomic E-state index is 13.4. The summed E-state index contributed by atoms with van der Waals surface area (Å²) in [6.07, 6.45) is -7.93. The van der Waals surface area contributed by atoms with Gasteiger partial charge in [0.2, 0.25) is 0 Å². The Morgan fingerprint density at radius 3 is 2.36 bits per heavy atom. The van der Waals surface area contributed by atoms with Gasteiger partial charge in [-0.2, -0.15) is 26.3 Å². The van der Waals surface area contributed by atoms with Crippen LogP contribution in [0.15, 0.2) is 70.5 Å². The molecule has 0 unspecified atom stereocenters. The average Bonchev–Trinajstić information content (AvgIpc) is 3.27. The molecule has 0 aliphatic carbocycles. The Hall–Kier alpha value is -3.19. The van der Waals surface area contributed by atoms with Crippen LogP contribution in [0, 0.1) is 6.92 Å². The lowest BCUT2D eigenvalue weighted by Gasteiger charge is -2.11. The van der Waals surface area contributed by atoms with Crippen molar-refractivity contribution in [1.82, 2.24) is 4.98 Å². The summed E-state index contributed by atoms with van der Waals surface area (Å²) in [5.74, 6) is -0.143. The van der Waals surface area contributed by atoms with Crippen molar-refractivity contribution in [2.75, 3.05) is 5.75 Å². The van der Waals surface area contributed by atoms with Crippen LogP contribution in [0.5, 0.6) is 0 Å². The Bertz CT molecular complexity index is 1440. The number of aromatic nitrogens is 1. The van der Waals surface area contributed by atoms with Crippen molar-refractivity contribution in [3.8, 4) is 10.4 Å². The first-order valence-corrected chi connectivity index (χ1v) is 12.7. The van der Waals surface area contributed by atoms with E-state index in [0.717, 1.165) is 29.5 Å². The van der Waals surface area contributed by atoms with Crippen molar-refractivity contribution >= 4 is 32.6 Å². The molecule has 3 aromatic rings. The quantitative estimate of drug-likeness (QED) is 0.284. The minimum Gasteiger partial charge on any atom is -0.395 e. The number of benzene rings is 1. The molecule has 0 atom stereocenters. The van der Waals surface area contributed by atoms with Crippen molar-refractivity contribution in [3.05, 3.63) is 76.4 Å². The van der Waals surface area contributed by atoms with E-state index in [1.807, 2.05) is 0 Å². The highest BCUT2D eigenvalue weighted by atomic mass is 32.2. The number of alkyl halides is 6. The third-order valence-electron chi connectivity index (χ3n) is 4.92. The smallest absolute Gasteiger partial charge is 0.395 e. The molecule has 36 heavy (non-hydrogen) atoms. The van der Waals surface area contributed by atoms with E-state index in [2.05, 4.69) is 9.98 Å². The lowest BCUT2D eigenvalue weighted by Crippen LogP contribution is -2.20. The van der Waals surface area contributed by atoms with Crippen LogP contribution >= 0.6 is 11.3 Å². The fourth-order valence-electron chi connectivity index (χ4n) is 3.12. The zero-order valence-electron chi connectivity index (χ0n) is 18.8. The molecule has 13 heteroatoms. The molecule has 0 saturated carbocycles. The third kappa shape index (κ3) is 6.13. The second-order valence-corrected chi connectivity index (χ2v) is 10.8. The number of hydrogen-bond donors (Lipinski definition) is 1. The van der Waals surface area contributed by atoms with E-state index in [9.17, 15) is 34.8 Å². The molecule has 2 N–H and O–H groups in total. The number of nitrogens with two attached hydrogens (primary N) is 1. The standard InChI is InChI=1S/C23H19F6N3O2S2/c1-3-36(33,34)21-13(2)10-14(12-31-21)18-8-9-19(35-18)17(11-20(30)23(27,28)29)32-16-7-5-4-6-15(16)22(24,25)26/h4-12H,3,30H2,1-2H3/b20-11-,32-17?. The molecule has 0 radical (unpaired) electrons. The zero-order chi connectivity index (χ0) is 26.9. The van der Waals surface area contributed by atoms with Crippen LogP contribution in [0.4, 0.5) is 32.0 Å². The molecule has 0 aliphatic heterocycles. The van der Waals surface area contributed by atoms with Gasteiger partial charge in [-0.05, 0) is 48.9 Å². The molecule has 2 aromatic heterocycles. The predicted molar refractivity (Wildman–Crippen MR) is 126 cm³/mol. The molecule has 0 bridgehead atoms. The van der Waals surface area contributed by atoms with Crippen molar-refractivity contribution in [2.24, 2.45) is 10.7 Å². The van der Waals surface area contributed by atoms with Crippen molar-refractivity contribution in [2.45, 2.75) is 31.2 Å². The van der Waals surface area contributed by atoms with Crippen LogP contribution in [0.3, 0.4) is 0 Å². The van der Waals surface area contributed by atoms with E-state index < -0.39 is 44.8 Å². The number of halogens is 6. The molecular formula is C23H19F6N3O2S2. The van der Waals surface area contributed by atoms with E-state index >= 15 is 0 Å². The fourth-order valence-corrected chi connectivity index (χ4v) is 5.10. The Kier molecular flexibility index (Phi) is 7.65. The van der Waals surface area contributed by atoms with Gasteiger partial charge in [-0.1, -0.05) is 19.1 Å². The molecule has 0 saturated heterocycles. The van der Waals surface area contributed by atoms with Gasteiger partial charge in [-0.15, -0.1) is 11.3 Å². The summed E-state index contributed by atoms with van der Waals surface area (Å²) in [6.45, 7) is 3.04. The van der Waals surface area contributed by atoms with Crippen LogP contribution < -0.4 is 5.73 Å². The minimum atomic E-state index is -4.92. The molecule has 0 spiro atoms. The van der Waals surface area contributed by atoms with Crippen molar-refractivity contribution in [3.63, 3.8) is 0 Å². The fraction of sp³-hybridized carbons (Fsp3) is 0.217. The highest BCUT2D eigenvalue weighted by molar-refractivity contribution is 7.91. The number of rotatable bonds is 6. The summed E-state index contributed by atoms with van der Waals surface area (Å²) in [7, 11) is -3.56. The third-order valence-corrected chi connectivity index (χ3v) is 7.85. The average molecular weight is 548 g/mol. The number of aryl methyl sites for hydroxylation is 1. The molecule has 0 aliphatic rings. The number of thiophene rings is 1. The second kappa shape index (κ2) is 10.1. The first-order valence-electron chi connectivity index (χ1n) is 10.2. The van der Waals surface area contributed by atoms with Crippen LogP contribution in [-0.4, -0.2) is 31.0 Å². The molecule has 0 fully saturated rings. The summed E-state index contributed by atoms with van der Waals surface area (Å²) in [5.41, 5.74) is 2.34. The predicted octanol–water partition coefficient (Wildman–Crippen LogP) is 6.46. The first-order chi connectivity index (χ1) is 16.6. The highest BCUT2D eigenvalue weighted by Crippen LogP contribution is 2.37. The van der Waals surface area contributed by atoms with Crippen molar-refractivity contribution < 1.29 is 34.8 Å². The Morgan fingerprint density at radius 1 is 1.11 bits per heavy atom. The van der Waals surface area contributed by atoms with Gasteiger partial charge in [0, 0.05) is 16.6 Å². The Labute approximate surface area is 206 Å². The summed E-state index contributed by atoms with van der Waals surface area (Å²) in [4.78, 5) is 8.50. The molecule has 0 amide bonds. The maximum Gasteiger partial charge on any atom is 0.430 e. The molecule has 2 heterocycles. The van der Waals surface area contributed by atoms with Gasteiger partial charge in [0.15, 0.2) is 14.9 Å². The van der Waals surface area contributed by atoms with E-state index in [0.29, 0.717) is 22.1 Å². The van der Waals surface area contributed by atoms with Crippen LogP contribution in [0.2, 0.25) is 0 Å². The van der Waals surface area contributed by atoms with Gasteiger partial charge in [0.1, 0.15) is 5.70 Å². The molecule has 5 nitrogen and oxygen atoms in total. The number of aliphatic imine (C=N–C) groups is 1. The molecule has 3 rings (SSSR count). The number of para-hydroxylation sites is 1. The zero-order valence-corrected chi connectivity index (χ0v) is 20.4. The summed E-state index contributed by atoms with van der Waals surface area (Å²) in [5, 5.41) is -0.0857. The van der Waals surface area contributed by atoms with E-state index in [1.54, 1.807) is 13.0 Å². The molecule has 192 valence electrons. The van der Waals surface area contributed by atoms with Gasteiger partial charge in [-0.3, -0.25) is 0 Å². The van der Waals surface area contributed by atoms with Gasteiger partial charge in [0.25, 0.3) is 0 Å². The monoisotopic (exact) mass is 547 g/mol. The topological polar surface area (TPSA) is 85.4 Å².